The van der Waals surface area contributed by atoms with E-state index in [1.165, 1.54) is 4.57 Å². The predicted molar refractivity (Wildman–Crippen MR) is 129 cm³/mol. The summed E-state index contributed by atoms with van der Waals surface area (Å²) < 4.78 is 8.72. The van der Waals surface area contributed by atoms with Gasteiger partial charge in [0.2, 0.25) is 5.88 Å². The number of benzene rings is 3. The van der Waals surface area contributed by atoms with Crippen molar-refractivity contribution in [3.8, 4) is 17.0 Å². The molecule has 1 aliphatic heterocycles. The number of nitrogens with two attached hydrogens (primary N) is 1. The molecule has 33 heavy (non-hydrogen) atoms. The molecule has 4 aromatic rings. The van der Waals surface area contributed by atoms with Crippen molar-refractivity contribution in [1.82, 2.24) is 9.13 Å². The molecule has 0 aliphatic carbocycles. The second-order valence-electron chi connectivity index (χ2n) is 7.98. The standard InChI is InChI=1S/C26H22ClN3O3/c27-20-14-8-7-13-19(20)23-24(31)29(15-21(28)17-9-3-1-4-10-17)26(32)30-22(16-33-25(23)30)18-11-5-2-6-12-18/h1-14,21-22H,15-16,28H2/t21-,22?/m0/s1. The lowest BCUT2D eigenvalue weighted by Gasteiger charge is -2.19. The lowest BCUT2D eigenvalue weighted by Crippen LogP contribution is -2.43. The minimum atomic E-state index is -0.535. The van der Waals surface area contributed by atoms with Crippen LogP contribution >= 0.6 is 11.6 Å². The first-order valence-corrected chi connectivity index (χ1v) is 11.1. The number of halogens is 1. The molecule has 7 heteroatoms. The fourth-order valence-corrected chi connectivity index (χ4v) is 4.51. The Labute approximate surface area is 195 Å². The molecule has 0 radical (unpaired) electrons. The van der Waals surface area contributed by atoms with Crippen molar-refractivity contribution in [2.45, 2.75) is 18.6 Å². The number of rotatable bonds is 5. The average Bonchev–Trinajstić information content (AvgIpc) is 3.29. The summed E-state index contributed by atoms with van der Waals surface area (Å²) in [7, 11) is 0. The number of hydrogen-bond acceptors (Lipinski definition) is 4. The van der Waals surface area contributed by atoms with Gasteiger partial charge in [-0.1, -0.05) is 90.5 Å². The van der Waals surface area contributed by atoms with Crippen molar-refractivity contribution in [3.63, 3.8) is 0 Å². The Morgan fingerprint density at radius 3 is 2.27 bits per heavy atom. The van der Waals surface area contributed by atoms with Crippen LogP contribution in [0.2, 0.25) is 5.02 Å². The highest BCUT2D eigenvalue weighted by Gasteiger charge is 2.33. The van der Waals surface area contributed by atoms with Crippen molar-refractivity contribution in [1.29, 1.82) is 0 Å². The lowest BCUT2D eigenvalue weighted by molar-refractivity contribution is 0.343. The summed E-state index contributed by atoms with van der Waals surface area (Å²) in [6.07, 6.45) is 0. The zero-order valence-corrected chi connectivity index (χ0v) is 18.5. The molecule has 0 saturated heterocycles. The topological polar surface area (TPSA) is 79.2 Å². The lowest BCUT2D eigenvalue weighted by atomic mass is 10.1. The van der Waals surface area contributed by atoms with Gasteiger partial charge in [-0.3, -0.25) is 13.9 Å². The Bertz CT molecular complexity index is 1410. The number of aromatic nitrogens is 2. The van der Waals surface area contributed by atoms with Gasteiger partial charge in [-0.05, 0) is 17.2 Å². The minimum Gasteiger partial charge on any atom is -0.476 e. The second kappa shape index (κ2) is 8.73. The van der Waals surface area contributed by atoms with Crippen LogP contribution in [0, 0.1) is 0 Å². The van der Waals surface area contributed by atoms with E-state index in [0.29, 0.717) is 10.6 Å². The van der Waals surface area contributed by atoms with Crippen molar-refractivity contribution in [2.24, 2.45) is 5.73 Å². The fourth-order valence-electron chi connectivity index (χ4n) is 4.28. The summed E-state index contributed by atoms with van der Waals surface area (Å²) in [5.74, 6) is 0.233. The summed E-state index contributed by atoms with van der Waals surface area (Å²) in [5.41, 5.74) is 8.02. The van der Waals surface area contributed by atoms with Crippen LogP contribution in [0.4, 0.5) is 0 Å². The fraction of sp³-hybridized carbons (Fsp3) is 0.154. The summed E-state index contributed by atoms with van der Waals surface area (Å²) in [5, 5.41) is 0.404. The van der Waals surface area contributed by atoms with Gasteiger partial charge in [0.1, 0.15) is 18.2 Å². The second-order valence-corrected chi connectivity index (χ2v) is 8.39. The van der Waals surface area contributed by atoms with E-state index in [1.807, 2.05) is 60.7 Å². The van der Waals surface area contributed by atoms with E-state index >= 15 is 0 Å². The van der Waals surface area contributed by atoms with Crippen LogP contribution in [-0.4, -0.2) is 15.7 Å². The molecule has 3 aromatic carbocycles. The zero-order valence-electron chi connectivity index (χ0n) is 17.7. The third-order valence-corrected chi connectivity index (χ3v) is 6.28. The average molecular weight is 460 g/mol. The van der Waals surface area contributed by atoms with Gasteiger partial charge in [0.15, 0.2) is 0 Å². The Morgan fingerprint density at radius 2 is 1.58 bits per heavy atom. The molecule has 1 aliphatic rings. The number of hydrogen-bond donors (Lipinski definition) is 1. The van der Waals surface area contributed by atoms with E-state index in [0.717, 1.165) is 11.1 Å². The van der Waals surface area contributed by atoms with Crippen molar-refractivity contribution in [2.75, 3.05) is 6.61 Å². The molecule has 0 fully saturated rings. The van der Waals surface area contributed by atoms with Gasteiger partial charge in [-0.25, -0.2) is 4.79 Å². The summed E-state index contributed by atoms with van der Waals surface area (Å²) in [6, 6.07) is 25.2. The smallest absolute Gasteiger partial charge is 0.334 e. The molecule has 0 amide bonds. The Morgan fingerprint density at radius 1 is 0.939 bits per heavy atom. The van der Waals surface area contributed by atoms with Crippen LogP contribution in [0.25, 0.3) is 11.1 Å². The highest BCUT2D eigenvalue weighted by atomic mass is 35.5. The summed E-state index contributed by atoms with van der Waals surface area (Å²) in [4.78, 5) is 27.3. The molecule has 2 atom stereocenters. The maximum absolute atomic E-state index is 13.7. The van der Waals surface area contributed by atoms with Gasteiger partial charge in [0, 0.05) is 16.6 Å². The predicted octanol–water partition coefficient (Wildman–Crippen LogP) is 4.01. The van der Waals surface area contributed by atoms with Crippen LogP contribution in [0.15, 0.2) is 94.5 Å². The monoisotopic (exact) mass is 459 g/mol. The molecule has 2 N–H and O–H groups in total. The first-order chi connectivity index (χ1) is 16.1. The molecule has 0 spiro atoms. The minimum absolute atomic E-state index is 0.0287. The van der Waals surface area contributed by atoms with Crippen molar-refractivity contribution >= 4 is 11.6 Å². The maximum Gasteiger partial charge on any atom is 0.334 e. The first-order valence-electron chi connectivity index (χ1n) is 10.7. The largest absolute Gasteiger partial charge is 0.476 e. The first kappa shape index (κ1) is 21.2. The van der Waals surface area contributed by atoms with Gasteiger partial charge in [0.25, 0.3) is 5.56 Å². The molecule has 166 valence electrons. The molecule has 0 bridgehead atoms. The summed E-state index contributed by atoms with van der Waals surface area (Å²) in [6.45, 7) is 0.270. The zero-order chi connectivity index (χ0) is 22.9. The van der Waals surface area contributed by atoms with E-state index in [9.17, 15) is 9.59 Å². The van der Waals surface area contributed by atoms with E-state index < -0.39 is 17.3 Å². The van der Waals surface area contributed by atoms with Gasteiger partial charge >= 0.3 is 5.69 Å². The van der Waals surface area contributed by atoms with Gasteiger partial charge < -0.3 is 10.5 Å². The van der Waals surface area contributed by atoms with Crippen LogP contribution in [0.5, 0.6) is 5.88 Å². The summed E-state index contributed by atoms with van der Waals surface area (Å²) >= 11 is 6.46. The third kappa shape index (κ3) is 3.77. The van der Waals surface area contributed by atoms with Gasteiger partial charge in [-0.15, -0.1) is 0 Å². The van der Waals surface area contributed by atoms with E-state index in [-0.39, 0.29) is 30.6 Å². The van der Waals surface area contributed by atoms with Gasteiger partial charge in [-0.2, -0.15) is 0 Å². The molecule has 6 nitrogen and oxygen atoms in total. The molecular formula is C26H22ClN3O3. The third-order valence-electron chi connectivity index (χ3n) is 5.95. The van der Waals surface area contributed by atoms with E-state index in [4.69, 9.17) is 22.1 Å². The van der Waals surface area contributed by atoms with E-state index in [2.05, 4.69) is 0 Å². The molecule has 0 saturated carbocycles. The number of nitrogens with zero attached hydrogens (tertiary/aromatic N) is 2. The highest BCUT2D eigenvalue weighted by molar-refractivity contribution is 6.33. The Hall–Kier alpha value is -3.61. The quantitative estimate of drug-likeness (QED) is 0.489. The van der Waals surface area contributed by atoms with Crippen LogP contribution in [0.1, 0.15) is 23.2 Å². The molecule has 2 heterocycles. The van der Waals surface area contributed by atoms with Crippen LogP contribution < -0.4 is 21.7 Å². The SMILES string of the molecule is N[C@@H](Cn1c(=O)c(-c2ccccc2Cl)c2n(c1=O)C(c1ccccc1)CO2)c1ccccc1. The Balaban J connectivity index is 1.73. The maximum atomic E-state index is 13.7. The molecule has 1 aromatic heterocycles. The normalized spacial score (nSPS) is 15.6. The molecule has 5 rings (SSSR count). The number of ether oxygens (including phenoxy) is 1. The number of fused-ring (bicyclic) bond motifs is 1. The van der Waals surface area contributed by atoms with E-state index in [1.54, 1.807) is 28.8 Å². The Kier molecular flexibility index (Phi) is 5.62. The van der Waals surface area contributed by atoms with Crippen LogP contribution in [-0.2, 0) is 6.54 Å². The van der Waals surface area contributed by atoms with Crippen LogP contribution in [0.3, 0.4) is 0 Å². The highest BCUT2D eigenvalue weighted by Crippen LogP contribution is 2.37. The van der Waals surface area contributed by atoms with Crippen molar-refractivity contribution in [3.05, 3.63) is 122 Å². The van der Waals surface area contributed by atoms with Gasteiger partial charge in [0.05, 0.1) is 6.54 Å². The molecule has 1 unspecified atom stereocenters. The molecular weight excluding hydrogens is 438 g/mol. The van der Waals surface area contributed by atoms with Crippen molar-refractivity contribution < 1.29 is 4.74 Å².